The van der Waals surface area contributed by atoms with Crippen molar-refractivity contribution < 1.29 is 4.74 Å². The number of nitrogen functional groups attached to an aromatic ring is 1. The summed E-state index contributed by atoms with van der Waals surface area (Å²) in [6, 6.07) is 6.24. The Labute approximate surface area is 108 Å². The van der Waals surface area contributed by atoms with Gasteiger partial charge in [-0.25, -0.2) is 0 Å². The van der Waals surface area contributed by atoms with Gasteiger partial charge in [-0.15, -0.1) is 0 Å². The van der Waals surface area contributed by atoms with E-state index in [4.69, 9.17) is 10.5 Å². The minimum absolute atomic E-state index is 0.316. The van der Waals surface area contributed by atoms with Gasteiger partial charge in [-0.3, -0.25) is 0 Å². The summed E-state index contributed by atoms with van der Waals surface area (Å²) in [7, 11) is 2.16. The number of likely N-dealkylation sites (N-methyl/N-ethyl adjacent to an activating group) is 1. The predicted octanol–water partition coefficient (Wildman–Crippen LogP) is 0.962. The molecule has 1 unspecified atom stereocenters. The monoisotopic (exact) mass is 247 g/mol. The average Bonchev–Trinajstić information content (AvgIpc) is 2.72. The standard InChI is InChI=1S/C14H21N3O/c1-16-6-7-18-13(9-16)10-17-5-4-11-2-3-12(15)8-14(11)17/h2-3,8,13H,4-7,9-10,15H2,1H3. The first-order valence-electron chi connectivity index (χ1n) is 6.66. The van der Waals surface area contributed by atoms with Gasteiger partial charge in [0.05, 0.1) is 12.7 Å². The summed E-state index contributed by atoms with van der Waals surface area (Å²) in [5, 5.41) is 0. The molecule has 0 radical (unpaired) electrons. The Morgan fingerprint density at radius 1 is 1.39 bits per heavy atom. The van der Waals surface area contributed by atoms with Gasteiger partial charge in [0.2, 0.25) is 0 Å². The van der Waals surface area contributed by atoms with E-state index in [9.17, 15) is 0 Å². The van der Waals surface area contributed by atoms with Gasteiger partial charge >= 0.3 is 0 Å². The van der Waals surface area contributed by atoms with Crippen molar-refractivity contribution in [2.24, 2.45) is 0 Å². The smallest absolute Gasteiger partial charge is 0.0876 e. The molecular weight excluding hydrogens is 226 g/mol. The van der Waals surface area contributed by atoms with Crippen LogP contribution in [0, 0.1) is 0 Å². The summed E-state index contributed by atoms with van der Waals surface area (Å²) < 4.78 is 5.84. The van der Waals surface area contributed by atoms with Crippen LogP contribution in [0.15, 0.2) is 18.2 Å². The molecule has 18 heavy (non-hydrogen) atoms. The van der Waals surface area contributed by atoms with Crippen LogP contribution in [-0.2, 0) is 11.2 Å². The molecule has 4 heteroatoms. The second kappa shape index (κ2) is 4.78. The number of hydrogen-bond acceptors (Lipinski definition) is 4. The van der Waals surface area contributed by atoms with Crippen LogP contribution in [-0.4, -0.2) is 50.8 Å². The van der Waals surface area contributed by atoms with E-state index in [1.54, 1.807) is 0 Å². The Balaban J connectivity index is 1.70. The topological polar surface area (TPSA) is 41.7 Å². The van der Waals surface area contributed by atoms with Crippen LogP contribution in [0.5, 0.6) is 0 Å². The van der Waals surface area contributed by atoms with E-state index < -0.39 is 0 Å². The van der Waals surface area contributed by atoms with Crippen LogP contribution >= 0.6 is 0 Å². The van der Waals surface area contributed by atoms with Gasteiger partial charge in [-0.2, -0.15) is 0 Å². The molecule has 1 saturated heterocycles. The number of hydrogen-bond donors (Lipinski definition) is 1. The summed E-state index contributed by atoms with van der Waals surface area (Å²) in [6.07, 6.45) is 1.44. The third-order valence-electron chi connectivity index (χ3n) is 3.87. The van der Waals surface area contributed by atoms with Crippen LogP contribution in [0.4, 0.5) is 11.4 Å². The zero-order chi connectivity index (χ0) is 12.5. The van der Waals surface area contributed by atoms with Gasteiger partial charge in [0.1, 0.15) is 0 Å². The van der Waals surface area contributed by atoms with Crippen molar-refractivity contribution in [3.63, 3.8) is 0 Å². The highest BCUT2D eigenvalue weighted by atomic mass is 16.5. The molecule has 0 saturated carbocycles. The summed E-state index contributed by atoms with van der Waals surface area (Å²) in [6.45, 7) is 4.97. The molecule has 0 aliphatic carbocycles. The fourth-order valence-corrected chi connectivity index (χ4v) is 2.88. The summed E-state index contributed by atoms with van der Waals surface area (Å²) in [4.78, 5) is 4.75. The first kappa shape index (κ1) is 11.8. The van der Waals surface area contributed by atoms with Gasteiger partial charge in [0.15, 0.2) is 0 Å². The Morgan fingerprint density at radius 3 is 3.11 bits per heavy atom. The van der Waals surface area contributed by atoms with Crippen LogP contribution in [0.2, 0.25) is 0 Å². The minimum Gasteiger partial charge on any atom is -0.399 e. The van der Waals surface area contributed by atoms with Crippen molar-refractivity contribution in [2.75, 3.05) is 50.5 Å². The lowest BCUT2D eigenvalue weighted by Crippen LogP contribution is -2.45. The van der Waals surface area contributed by atoms with Crippen LogP contribution in [0.25, 0.3) is 0 Å². The molecule has 2 aliphatic rings. The van der Waals surface area contributed by atoms with Crippen molar-refractivity contribution in [1.29, 1.82) is 0 Å². The highest BCUT2D eigenvalue weighted by Gasteiger charge is 2.25. The molecule has 98 valence electrons. The largest absolute Gasteiger partial charge is 0.399 e. The van der Waals surface area contributed by atoms with Gasteiger partial charge in [0, 0.05) is 37.6 Å². The number of benzene rings is 1. The number of fused-ring (bicyclic) bond motifs is 1. The summed E-state index contributed by atoms with van der Waals surface area (Å²) in [5.41, 5.74) is 9.44. The van der Waals surface area contributed by atoms with Crippen LogP contribution in [0.3, 0.4) is 0 Å². The normalized spacial score (nSPS) is 24.3. The zero-order valence-corrected chi connectivity index (χ0v) is 10.9. The number of morpholine rings is 1. The van der Waals surface area contributed by atoms with E-state index in [-0.39, 0.29) is 0 Å². The fourth-order valence-electron chi connectivity index (χ4n) is 2.88. The molecule has 0 aromatic heterocycles. The molecule has 2 aliphatic heterocycles. The maximum atomic E-state index is 5.88. The van der Waals surface area contributed by atoms with Gasteiger partial charge in [0.25, 0.3) is 0 Å². The number of anilines is 2. The Bertz CT molecular complexity index is 435. The summed E-state index contributed by atoms with van der Waals surface area (Å²) >= 11 is 0. The number of rotatable bonds is 2. The van der Waals surface area contributed by atoms with E-state index in [0.29, 0.717) is 6.10 Å². The number of nitrogens with zero attached hydrogens (tertiary/aromatic N) is 2. The van der Waals surface area contributed by atoms with E-state index in [2.05, 4.69) is 29.0 Å². The third-order valence-corrected chi connectivity index (χ3v) is 3.87. The lowest BCUT2D eigenvalue weighted by atomic mass is 10.1. The van der Waals surface area contributed by atoms with E-state index in [0.717, 1.165) is 44.9 Å². The molecule has 1 aromatic carbocycles. The van der Waals surface area contributed by atoms with Crippen LogP contribution in [0.1, 0.15) is 5.56 Å². The lowest BCUT2D eigenvalue weighted by Gasteiger charge is -2.33. The average molecular weight is 247 g/mol. The third kappa shape index (κ3) is 2.31. The number of nitrogens with two attached hydrogens (primary N) is 1. The maximum absolute atomic E-state index is 5.88. The minimum atomic E-state index is 0.316. The SMILES string of the molecule is CN1CCOC(CN2CCc3ccc(N)cc32)C1. The van der Waals surface area contributed by atoms with Gasteiger partial charge in [-0.05, 0) is 31.2 Å². The van der Waals surface area contributed by atoms with Crippen molar-refractivity contribution >= 4 is 11.4 Å². The predicted molar refractivity (Wildman–Crippen MR) is 74.0 cm³/mol. The molecule has 0 amide bonds. The van der Waals surface area contributed by atoms with E-state index >= 15 is 0 Å². The first-order valence-corrected chi connectivity index (χ1v) is 6.66. The quantitative estimate of drug-likeness (QED) is 0.791. The highest BCUT2D eigenvalue weighted by Crippen LogP contribution is 2.30. The Kier molecular flexibility index (Phi) is 3.14. The second-order valence-corrected chi connectivity index (χ2v) is 5.34. The highest BCUT2D eigenvalue weighted by molar-refractivity contribution is 5.64. The Morgan fingerprint density at radius 2 is 2.28 bits per heavy atom. The molecule has 2 heterocycles. The molecule has 2 N–H and O–H groups in total. The molecule has 4 nitrogen and oxygen atoms in total. The molecule has 0 spiro atoms. The fraction of sp³-hybridized carbons (Fsp3) is 0.571. The first-order chi connectivity index (χ1) is 8.72. The van der Waals surface area contributed by atoms with E-state index in [1.807, 2.05) is 6.07 Å². The molecule has 1 fully saturated rings. The van der Waals surface area contributed by atoms with Crippen LogP contribution < -0.4 is 10.6 Å². The molecule has 0 bridgehead atoms. The Hall–Kier alpha value is -1.26. The maximum Gasteiger partial charge on any atom is 0.0876 e. The molecular formula is C14H21N3O. The van der Waals surface area contributed by atoms with Crippen molar-refractivity contribution in [1.82, 2.24) is 4.90 Å². The zero-order valence-electron chi connectivity index (χ0n) is 10.9. The van der Waals surface area contributed by atoms with Crippen molar-refractivity contribution in [3.05, 3.63) is 23.8 Å². The molecule has 1 atom stereocenters. The second-order valence-electron chi connectivity index (χ2n) is 5.34. The lowest BCUT2D eigenvalue weighted by molar-refractivity contribution is -0.0145. The molecule has 1 aromatic rings. The molecule has 3 rings (SSSR count). The van der Waals surface area contributed by atoms with Gasteiger partial charge < -0.3 is 20.3 Å². The number of ether oxygens (including phenoxy) is 1. The van der Waals surface area contributed by atoms with Gasteiger partial charge in [-0.1, -0.05) is 6.07 Å². The van der Waals surface area contributed by atoms with E-state index in [1.165, 1.54) is 11.3 Å². The summed E-state index contributed by atoms with van der Waals surface area (Å²) in [5.74, 6) is 0. The van der Waals surface area contributed by atoms with Crippen molar-refractivity contribution in [2.45, 2.75) is 12.5 Å². The van der Waals surface area contributed by atoms with Crippen molar-refractivity contribution in [3.8, 4) is 0 Å².